The first-order valence-electron chi connectivity index (χ1n) is 12.9. The van der Waals surface area contributed by atoms with Crippen molar-refractivity contribution in [3.8, 4) is 0 Å². The molecule has 0 aromatic carbocycles. The lowest BCUT2D eigenvalue weighted by atomic mass is 9.43. The minimum atomic E-state index is -0.299. The van der Waals surface area contributed by atoms with Crippen LogP contribution in [-0.2, 0) is 28.7 Å². The van der Waals surface area contributed by atoms with Crippen molar-refractivity contribution >= 4 is 23.8 Å². The topological polar surface area (TPSA) is 111 Å². The van der Waals surface area contributed by atoms with Gasteiger partial charge in [0.15, 0.2) is 0 Å². The van der Waals surface area contributed by atoms with E-state index < -0.39 is 0 Å². The third-order valence-corrected chi connectivity index (χ3v) is 7.41. The Morgan fingerprint density at radius 2 is 1.12 bits per heavy atom. The molecule has 0 aliphatic heterocycles. The molecule has 0 saturated heterocycles. The number of carbonyl (C=O) groups excluding carboxylic acids is 4. The van der Waals surface area contributed by atoms with Crippen molar-refractivity contribution < 1.29 is 28.7 Å². The molecule has 4 bridgehead atoms. The second kappa shape index (κ2) is 11.1. The summed E-state index contributed by atoms with van der Waals surface area (Å²) in [6.07, 6.45) is 7.28. The molecule has 4 aliphatic rings. The van der Waals surface area contributed by atoms with Gasteiger partial charge >= 0.3 is 11.9 Å². The number of hydrogen-bond donors (Lipinski definition) is 2. The second-order valence-electron chi connectivity index (χ2n) is 11.6. The molecule has 4 fully saturated rings. The van der Waals surface area contributed by atoms with Gasteiger partial charge in [-0.05, 0) is 88.9 Å². The Labute approximate surface area is 203 Å². The van der Waals surface area contributed by atoms with Crippen LogP contribution in [0.2, 0.25) is 0 Å². The van der Waals surface area contributed by atoms with Gasteiger partial charge in [0.1, 0.15) is 0 Å². The van der Waals surface area contributed by atoms with E-state index in [0.29, 0.717) is 37.8 Å². The van der Waals surface area contributed by atoms with Crippen molar-refractivity contribution in [3.05, 3.63) is 0 Å². The Bertz CT molecular complexity index is 703. The van der Waals surface area contributed by atoms with Crippen LogP contribution < -0.4 is 10.6 Å². The molecule has 0 spiro atoms. The first-order valence-corrected chi connectivity index (χ1v) is 12.9. The van der Waals surface area contributed by atoms with Crippen LogP contribution in [0.3, 0.4) is 0 Å². The van der Waals surface area contributed by atoms with Crippen LogP contribution in [0.5, 0.6) is 0 Å². The van der Waals surface area contributed by atoms with Gasteiger partial charge in [0.05, 0.1) is 25.0 Å². The Balaban J connectivity index is 1.49. The molecule has 0 radical (unpaired) electrons. The molecule has 0 atom stereocenters. The van der Waals surface area contributed by atoms with Crippen LogP contribution in [0, 0.1) is 22.7 Å². The maximum absolute atomic E-state index is 12.8. The predicted octanol–water partition coefficient (Wildman–Crippen LogP) is 3.27. The van der Waals surface area contributed by atoms with E-state index in [2.05, 4.69) is 10.6 Å². The fourth-order valence-corrected chi connectivity index (χ4v) is 7.12. The van der Waals surface area contributed by atoms with Gasteiger partial charge in [-0.25, -0.2) is 0 Å². The maximum Gasteiger partial charge on any atom is 0.307 e. The molecule has 2 amide bonds. The minimum Gasteiger partial charge on any atom is -0.463 e. The summed E-state index contributed by atoms with van der Waals surface area (Å²) in [6, 6.07) is 0. The summed E-state index contributed by atoms with van der Waals surface area (Å²) in [5, 5.41) is 5.81. The second-order valence-corrected chi connectivity index (χ2v) is 11.6. The summed E-state index contributed by atoms with van der Waals surface area (Å²) in [7, 11) is 0. The van der Waals surface area contributed by atoms with Crippen molar-refractivity contribution in [2.24, 2.45) is 22.7 Å². The largest absolute Gasteiger partial charge is 0.463 e. The zero-order valence-electron chi connectivity index (χ0n) is 21.2. The smallest absolute Gasteiger partial charge is 0.307 e. The number of rotatable bonds is 12. The highest BCUT2D eigenvalue weighted by atomic mass is 16.5. The standard InChI is InChI=1S/C26H42N2O6/c1-17(2)33-23(31)5-7-27-21(29)14-25-10-19-9-20(11-25)13-26(12-19,16-25)15-22(30)28-8-6-24(32)34-18(3)4/h17-20H,5-16H2,1-4H3,(H,27,29)(H,28,30). The van der Waals surface area contributed by atoms with Crippen LogP contribution in [0.1, 0.15) is 91.9 Å². The quantitative estimate of drug-likeness (QED) is 0.417. The third-order valence-electron chi connectivity index (χ3n) is 7.41. The highest BCUT2D eigenvalue weighted by Crippen LogP contribution is 2.67. The number of nitrogens with one attached hydrogen (secondary N) is 2. The summed E-state index contributed by atoms with van der Waals surface area (Å²) < 4.78 is 10.2. The fourth-order valence-electron chi connectivity index (χ4n) is 7.12. The average Bonchev–Trinajstić information content (AvgIpc) is 2.64. The van der Waals surface area contributed by atoms with E-state index in [0.717, 1.165) is 32.1 Å². The predicted molar refractivity (Wildman–Crippen MR) is 126 cm³/mol. The first-order chi connectivity index (χ1) is 16.0. The fraction of sp³-hybridized carbons (Fsp3) is 0.846. The Kier molecular flexibility index (Phi) is 8.63. The zero-order chi connectivity index (χ0) is 24.9. The lowest BCUT2D eigenvalue weighted by Gasteiger charge is -2.62. The van der Waals surface area contributed by atoms with Gasteiger partial charge in [-0.3, -0.25) is 19.2 Å². The van der Waals surface area contributed by atoms with E-state index in [-0.39, 0.29) is 59.6 Å². The number of esters is 2. The number of carbonyl (C=O) groups is 4. The molecule has 8 nitrogen and oxygen atoms in total. The Morgan fingerprint density at radius 3 is 1.47 bits per heavy atom. The van der Waals surface area contributed by atoms with Crippen molar-refractivity contribution in [2.75, 3.05) is 13.1 Å². The summed E-state index contributed by atoms with van der Waals surface area (Å²) >= 11 is 0. The molecule has 34 heavy (non-hydrogen) atoms. The van der Waals surface area contributed by atoms with Gasteiger partial charge in [0.2, 0.25) is 11.8 Å². The SMILES string of the molecule is CC(C)OC(=O)CCNC(=O)CC12CC3CC(C1)CC(CC(=O)NCCC(=O)OC(C)C)(C3)C2. The molecule has 4 aliphatic carbocycles. The molecule has 0 heterocycles. The van der Waals surface area contributed by atoms with Gasteiger partial charge < -0.3 is 20.1 Å². The van der Waals surface area contributed by atoms with E-state index in [1.807, 2.05) is 0 Å². The highest BCUT2D eigenvalue weighted by Gasteiger charge is 2.58. The van der Waals surface area contributed by atoms with E-state index in [4.69, 9.17) is 9.47 Å². The van der Waals surface area contributed by atoms with Gasteiger partial charge in [0, 0.05) is 25.9 Å². The summed E-state index contributed by atoms with van der Waals surface area (Å²) in [5.41, 5.74) is -0.0953. The molecule has 0 unspecified atom stereocenters. The van der Waals surface area contributed by atoms with E-state index in [1.54, 1.807) is 27.7 Å². The monoisotopic (exact) mass is 478 g/mol. The van der Waals surface area contributed by atoms with Gasteiger partial charge in [0.25, 0.3) is 0 Å². The van der Waals surface area contributed by atoms with E-state index >= 15 is 0 Å². The summed E-state index contributed by atoms with van der Waals surface area (Å²) in [5.74, 6) is 0.526. The van der Waals surface area contributed by atoms with Crippen LogP contribution in [0.25, 0.3) is 0 Å². The van der Waals surface area contributed by atoms with Crippen molar-refractivity contribution in [1.29, 1.82) is 0 Å². The lowest BCUT2D eigenvalue weighted by molar-refractivity contribution is -0.148. The molecule has 0 aromatic rings. The van der Waals surface area contributed by atoms with E-state index in [9.17, 15) is 19.2 Å². The number of hydrogen-bond acceptors (Lipinski definition) is 6. The van der Waals surface area contributed by atoms with Gasteiger partial charge in [-0.2, -0.15) is 0 Å². The van der Waals surface area contributed by atoms with Gasteiger partial charge in [-0.15, -0.1) is 0 Å². The zero-order valence-corrected chi connectivity index (χ0v) is 21.2. The van der Waals surface area contributed by atoms with Crippen molar-refractivity contribution in [2.45, 2.75) is 104 Å². The highest BCUT2D eigenvalue weighted by molar-refractivity contribution is 5.79. The maximum atomic E-state index is 12.8. The normalized spacial score (nSPS) is 29.2. The van der Waals surface area contributed by atoms with Crippen LogP contribution in [-0.4, -0.2) is 49.1 Å². The molecular weight excluding hydrogens is 436 g/mol. The van der Waals surface area contributed by atoms with Gasteiger partial charge in [-0.1, -0.05) is 0 Å². The third kappa shape index (κ3) is 7.44. The van der Waals surface area contributed by atoms with Crippen LogP contribution >= 0.6 is 0 Å². The molecule has 192 valence electrons. The summed E-state index contributed by atoms with van der Waals surface area (Å²) in [6.45, 7) is 7.81. The molecule has 4 rings (SSSR count). The summed E-state index contributed by atoms with van der Waals surface area (Å²) in [4.78, 5) is 48.9. The number of ether oxygens (including phenoxy) is 2. The minimum absolute atomic E-state index is 0.0115. The molecule has 8 heteroatoms. The van der Waals surface area contributed by atoms with Crippen LogP contribution in [0.15, 0.2) is 0 Å². The first kappa shape index (κ1) is 26.5. The van der Waals surface area contributed by atoms with Crippen molar-refractivity contribution in [1.82, 2.24) is 10.6 Å². The number of amides is 2. The average molecular weight is 479 g/mol. The molecule has 4 saturated carbocycles. The van der Waals surface area contributed by atoms with Crippen LogP contribution in [0.4, 0.5) is 0 Å². The van der Waals surface area contributed by atoms with Crippen molar-refractivity contribution in [3.63, 3.8) is 0 Å². The molecule has 2 N–H and O–H groups in total. The molecule has 0 aromatic heterocycles. The Morgan fingerprint density at radius 1 is 0.735 bits per heavy atom. The van der Waals surface area contributed by atoms with E-state index in [1.165, 1.54) is 6.42 Å². The molecular formula is C26H42N2O6. The Hall–Kier alpha value is -2.12. The lowest BCUT2D eigenvalue weighted by Crippen LogP contribution is -2.54.